The minimum Gasteiger partial charge on any atom is -0.491 e. The van der Waals surface area contributed by atoms with E-state index in [0.29, 0.717) is 23.1 Å². The van der Waals surface area contributed by atoms with E-state index in [0.717, 1.165) is 69.6 Å². The highest BCUT2D eigenvalue weighted by molar-refractivity contribution is 6.30. The Kier molecular flexibility index (Phi) is 6.67. The SMILES string of the molecule is O=C(Cc1ccc(OCC[C@@H]2C[C@@H]2C2CCN(c3ncc(Cl)cn3)CC2)c(F)c1)N1CCC1. The summed E-state index contributed by atoms with van der Waals surface area (Å²) in [6.45, 7) is 4.12. The summed E-state index contributed by atoms with van der Waals surface area (Å²) >= 11 is 5.88. The minimum absolute atomic E-state index is 0.0700. The van der Waals surface area contributed by atoms with Gasteiger partial charge in [0.25, 0.3) is 0 Å². The Morgan fingerprint density at radius 3 is 2.58 bits per heavy atom. The second-order valence-corrected chi connectivity index (χ2v) is 9.93. The van der Waals surface area contributed by atoms with Crippen molar-refractivity contribution in [2.24, 2.45) is 17.8 Å². The number of carbonyl (C=O) groups is 1. The summed E-state index contributed by atoms with van der Waals surface area (Å²) in [6, 6.07) is 4.90. The maximum Gasteiger partial charge on any atom is 0.226 e. The van der Waals surface area contributed by atoms with Gasteiger partial charge in [0.1, 0.15) is 0 Å². The molecule has 2 saturated heterocycles. The molecule has 1 aliphatic carbocycles. The normalized spacial score (nSPS) is 22.7. The molecule has 2 aromatic rings. The summed E-state index contributed by atoms with van der Waals surface area (Å²) in [4.78, 5) is 24.8. The topological polar surface area (TPSA) is 58.6 Å². The van der Waals surface area contributed by atoms with Gasteiger partial charge in [-0.3, -0.25) is 4.79 Å². The van der Waals surface area contributed by atoms with E-state index in [9.17, 15) is 9.18 Å². The molecule has 0 bridgehead atoms. The number of ether oxygens (including phenoxy) is 1. The van der Waals surface area contributed by atoms with Gasteiger partial charge in [-0.1, -0.05) is 17.7 Å². The quantitative estimate of drug-likeness (QED) is 0.571. The molecule has 1 amide bonds. The van der Waals surface area contributed by atoms with Gasteiger partial charge in [-0.2, -0.15) is 0 Å². The molecule has 1 aromatic carbocycles. The number of carbonyl (C=O) groups excluding carboxylic acids is 1. The van der Waals surface area contributed by atoms with E-state index < -0.39 is 0 Å². The summed E-state index contributed by atoms with van der Waals surface area (Å²) in [6.07, 6.45) is 9.12. The smallest absolute Gasteiger partial charge is 0.226 e. The van der Waals surface area contributed by atoms with Crippen molar-refractivity contribution in [1.29, 1.82) is 0 Å². The lowest BCUT2D eigenvalue weighted by molar-refractivity contribution is -0.133. The fourth-order valence-corrected chi connectivity index (χ4v) is 5.22. The van der Waals surface area contributed by atoms with E-state index in [1.807, 2.05) is 4.90 Å². The van der Waals surface area contributed by atoms with E-state index in [1.54, 1.807) is 24.5 Å². The van der Waals surface area contributed by atoms with Crippen molar-refractivity contribution in [3.05, 3.63) is 47.0 Å². The van der Waals surface area contributed by atoms with E-state index in [-0.39, 0.29) is 23.9 Å². The highest BCUT2D eigenvalue weighted by Crippen LogP contribution is 2.49. The molecule has 3 heterocycles. The fourth-order valence-electron chi connectivity index (χ4n) is 5.12. The fraction of sp³-hybridized carbons (Fsp3) is 0.560. The van der Waals surface area contributed by atoms with Gasteiger partial charge < -0.3 is 14.5 Å². The maximum atomic E-state index is 14.4. The number of hydrogen-bond donors (Lipinski definition) is 0. The molecule has 0 radical (unpaired) electrons. The second kappa shape index (κ2) is 9.84. The molecule has 2 aliphatic heterocycles. The van der Waals surface area contributed by atoms with Crippen LogP contribution >= 0.6 is 11.6 Å². The first-order valence-electron chi connectivity index (χ1n) is 12.0. The van der Waals surface area contributed by atoms with E-state index in [4.69, 9.17) is 16.3 Å². The molecule has 2 atom stereocenters. The molecule has 8 heteroatoms. The lowest BCUT2D eigenvalue weighted by Gasteiger charge is -2.32. The summed E-state index contributed by atoms with van der Waals surface area (Å²) in [5.41, 5.74) is 0.703. The van der Waals surface area contributed by atoms with Crippen molar-refractivity contribution >= 4 is 23.5 Å². The Hall–Kier alpha value is -2.41. The third-order valence-electron chi connectivity index (χ3n) is 7.32. The first kappa shape index (κ1) is 22.4. The molecule has 1 aromatic heterocycles. The minimum atomic E-state index is -0.381. The molecular weight excluding hydrogens is 443 g/mol. The van der Waals surface area contributed by atoms with Crippen LogP contribution in [0.2, 0.25) is 5.02 Å². The highest BCUT2D eigenvalue weighted by Gasteiger charge is 2.43. The number of piperidine rings is 1. The van der Waals surface area contributed by atoms with Crippen molar-refractivity contribution in [3.63, 3.8) is 0 Å². The molecule has 6 nitrogen and oxygen atoms in total. The zero-order valence-electron chi connectivity index (χ0n) is 18.8. The van der Waals surface area contributed by atoms with Crippen LogP contribution < -0.4 is 9.64 Å². The standard InChI is InChI=1S/C25H30ClFN4O2/c26-20-15-28-25(29-16-20)31-9-4-18(5-10-31)21-14-19(21)6-11-33-23-3-2-17(12-22(23)27)13-24(32)30-7-1-8-30/h2-3,12,15-16,18-19,21H,1,4-11,13-14H2/t19-,21-/m1/s1. The third kappa shape index (κ3) is 5.40. The number of benzene rings is 1. The lowest BCUT2D eigenvalue weighted by atomic mass is 9.90. The number of halogens is 2. The Morgan fingerprint density at radius 1 is 1.15 bits per heavy atom. The number of aromatic nitrogens is 2. The van der Waals surface area contributed by atoms with Crippen LogP contribution in [0.4, 0.5) is 10.3 Å². The molecule has 5 rings (SSSR count). The molecule has 0 N–H and O–H groups in total. The van der Waals surface area contributed by atoms with Gasteiger partial charge in [0.05, 0.1) is 30.4 Å². The molecule has 0 unspecified atom stereocenters. The number of amides is 1. The zero-order valence-corrected chi connectivity index (χ0v) is 19.5. The van der Waals surface area contributed by atoms with Crippen LogP contribution in [0.25, 0.3) is 0 Å². The molecular formula is C25H30ClFN4O2. The molecule has 0 spiro atoms. The van der Waals surface area contributed by atoms with E-state index >= 15 is 0 Å². The van der Waals surface area contributed by atoms with Crippen molar-refractivity contribution < 1.29 is 13.9 Å². The lowest BCUT2D eigenvalue weighted by Crippen LogP contribution is -2.42. The van der Waals surface area contributed by atoms with Crippen molar-refractivity contribution in [2.75, 3.05) is 37.7 Å². The number of rotatable bonds is 8. The Balaban J connectivity index is 1.02. The van der Waals surface area contributed by atoms with Gasteiger partial charge in [-0.05, 0) is 67.6 Å². The van der Waals surface area contributed by atoms with E-state index in [2.05, 4.69) is 14.9 Å². The first-order chi connectivity index (χ1) is 16.1. The van der Waals surface area contributed by atoms with Crippen molar-refractivity contribution in [1.82, 2.24) is 14.9 Å². The van der Waals surface area contributed by atoms with Gasteiger partial charge in [0.15, 0.2) is 11.6 Å². The second-order valence-electron chi connectivity index (χ2n) is 9.50. The summed E-state index contributed by atoms with van der Waals surface area (Å²) in [7, 11) is 0. The molecule has 33 heavy (non-hydrogen) atoms. The van der Waals surface area contributed by atoms with Gasteiger partial charge in [0, 0.05) is 26.2 Å². The van der Waals surface area contributed by atoms with Crippen molar-refractivity contribution in [3.8, 4) is 5.75 Å². The summed E-state index contributed by atoms with van der Waals surface area (Å²) < 4.78 is 20.2. The monoisotopic (exact) mass is 472 g/mol. The maximum absolute atomic E-state index is 14.4. The van der Waals surface area contributed by atoms with Crippen LogP contribution in [0.5, 0.6) is 5.75 Å². The van der Waals surface area contributed by atoms with E-state index in [1.165, 1.54) is 12.5 Å². The Labute approximate surface area is 199 Å². The van der Waals surface area contributed by atoms with Crippen LogP contribution in [0.1, 0.15) is 37.7 Å². The zero-order chi connectivity index (χ0) is 22.8. The predicted octanol–water partition coefficient (Wildman–Crippen LogP) is 4.37. The van der Waals surface area contributed by atoms with Crippen molar-refractivity contribution in [2.45, 2.75) is 38.5 Å². The average Bonchev–Trinajstić information content (AvgIpc) is 3.54. The molecule has 176 valence electrons. The van der Waals surface area contributed by atoms with Crippen LogP contribution in [0.3, 0.4) is 0 Å². The third-order valence-corrected chi connectivity index (χ3v) is 7.51. The largest absolute Gasteiger partial charge is 0.491 e. The number of hydrogen-bond acceptors (Lipinski definition) is 5. The Morgan fingerprint density at radius 2 is 1.91 bits per heavy atom. The van der Waals surface area contributed by atoms with Gasteiger partial charge >= 0.3 is 0 Å². The number of anilines is 1. The van der Waals surface area contributed by atoms with Gasteiger partial charge in [0.2, 0.25) is 11.9 Å². The van der Waals surface area contributed by atoms with Crippen LogP contribution in [0, 0.1) is 23.6 Å². The van der Waals surface area contributed by atoms with Gasteiger partial charge in [-0.15, -0.1) is 0 Å². The molecule has 3 fully saturated rings. The number of nitrogens with zero attached hydrogens (tertiary/aromatic N) is 4. The average molecular weight is 473 g/mol. The van der Waals surface area contributed by atoms with Crippen LogP contribution in [-0.4, -0.2) is 53.6 Å². The Bertz CT molecular complexity index is 977. The molecule has 3 aliphatic rings. The van der Waals surface area contributed by atoms with Crippen LogP contribution in [-0.2, 0) is 11.2 Å². The predicted molar refractivity (Wildman–Crippen MR) is 125 cm³/mol. The molecule has 1 saturated carbocycles. The number of likely N-dealkylation sites (tertiary alicyclic amines) is 1. The summed E-state index contributed by atoms with van der Waals surface area (Å²) in [5, 5.41) is 0.560. The van der Waals surface area contributed by atoms with Gasteiger partial charge in [-0.25, -0.2) is 14.4 Å². The first-order valence-corrected chi connectivity index (χ1v) is 12.4. The van der Waals surface area contributed by atoms with Crippen LogP contribution in [0.15, 0.2) is 30.6 Å². The summed E-state index contributed by atoms with van der Waals surface area (Å²) in [5.74, 6) is 2.89. The highest BCUT2D eigenvalue weighted by atomic mass is 35.5.